The first-order valence-corrected chi connectivity index (χ1v) is 29.7. The van der Waals surface area contributed by atoms with Gasteiger partial charge in [0.15, 0.2) is 0 Å². The first-order valence-electron chi connectivity index (χ1n) is 26.4. The van der Waals surface area contributed by atoms with Crippen molar-refractivity contribution < 1.29 is 0 Å². The van der Waals surface area contributed by atoms with Gasteiger partial charge in [0.05, 0.1) is 0 Å². The Labute approximate surface area is 422 Å². The summed E-state index contributed by atoms with van der Waals surface area (Å²) in [5.41, 5.74) is 0. The Hall–Kier alpha value is -5.62. The second kappa shape index (κ2) is 15.0. The summed E-state index contributed by atoms with van der Waals surface area (Å²) in [6.07, 6.45) is 14.2. The molecule has 0 N–H and O–H groups in total. The van der Waals surface area contributed by atoms with Gasteiger partial charge in [0, 0.05) is 114 Å². The number of unbranched alkanes of at least 4 members (excludes halogenated alkanes) is 4. The molecule has 4 heteroatoms. The highest BCUT2D eigenvalue weighted by Crippen LogP contribution is 2.62. The van der Waals surface area contributed by atoms with E-state index in [-0.39, 0.29) is 0 Å². The van der Waals surface area contributed by atoms with E-state index < -0.39 is 0 Å². The molecule has 16 rings (SSSR count). The van der Waals surface area contributed by atoms with Crippen LogP contribution < -0.4 is 0 Å². The SMILES string of the molecule is CCCCc1cc2c(s1)c1cccc3c4cccc5c6sc(CCCC)cc6c6c(c45)c(c31)c2c1c2c3cc(CCCC)sc3c3cccc4c5cccc7c8sc(CCCC)cc8c(c(c57)c2c43)c61. The maximum Gasteiger partial charge on any atom is 0.0430 e. The van der Waals surface area contributed by atoms with E-state index in [0.29, 0.717) is 0 Å². The lowest BCUT2D eigenvalue weighted by molar-refractivity contribution is 0.804. The van der Waals surface area contributed by atoms with Crippen LogP contribution in [0, 0.1) is 0 Å². The summed E-state index contributed by atoms with van der Waals surface area (Å²) in [5, 5.41) is 38.2. The van der Waals surface area contributed by atoms with Gasteiger partial charge in [0.1, 0.15) is 0 Å². The minimum absolute atomic E-state index is 1.13. The average molecular weight is 973 g/mol. The summed E-state index contributed by atoms with van der Waals surface area (Å²) in [6, 6.07) is 39.9. The maximum absolute atomic E-state index is 2.68. The van der Waals surface area contributed by atoms with Gasteiger partial charge in [-0.1, -0.05) is 126 Å². The molecule has 0 saturated heterocycles. The van der Waals surface area contributed by atoms with Gasteiger partial charge < -0.3 is 0 Å². The number of fused-ring (bicyclic) bond motifs is 19. The summed E-state index contributed by atoms with van der Waals surface area (Å²) < 4.78 is 5.89. The zero-order chi connectivity index (χ0) is 46.3. The minimum Gasteiger partial charge on any atom is -0.140 e. The molecular weight excluding hydrogens is 921 g/mol. The summed E-state index contributed by atoms with van der Waals surface area (Å²) >= 11 is 8.35. The van der Waals surface area contributed by atoms with Crippen molar-refractivity contribution in [3.63, 3.8) is 0 Å². The third-order valence-corrected chi connectivity index (χ3v) is 21.8. The van der Waals surface area contributed by atoms with Crippen LogP contribution in [0.3, 0.4) is 0 Å². The molecule has 0 unspecified atom stereocenters. The molecular formula is C66H52S4. The van der Waals surface area contributed by atoms with Gasteiger partial charge in [0.25, 0.3) is 0 Å². The third-order valence-electron chi connectivity index (χ3n) is 16.9. The topological polar surface area (TPSA) is 0 Å². The number of aryl methyl sites for hydroxylation is 4. The second-order valence-corrected chi connectivity index (χ2v) is 25.4. The monoisotopic (exact) mass is 972 g/mol. The van der Waals surface area contributed by atoms with Crippen LogP contribution in [-0.2, 0) is 25.7 Å². The summed E-state index contributed by atoms with van der Waals surface area (Å²) in [5.74, 6) is 0. The Kier molecular flexibility index (Phi) is 8.77. The molecule has 0 fully saturated rings. The van der Waals surface area contributed by atoms with Crippen molar-refractivity contribution >= 4 is 204 Å². The highest BCUT2D eigenvalue weighted by Gasteiger charge is 2.32. The fourth-order valence-corrected chi connectivity index (χ4v) is 18.9. The van der Waals surface area contributed by atoms with Crippen LogP contribution in [-0.4, -0.2) is 0 Å². The molecule has 0 aliphatic carbocycles. The predicted molar refractivity (Wildman–Crippen MR) is 320 cm³/mol. The molecule has 0 aliphatic rings. The molecule has 0 atom stereocenters. The summed E-state index contributed by atoms with van der Waals surface area (Å²) in [4.78, 5) is 6.10. The van der Waals surface area contributed by atoms with E-state index in [1.165, 1.54) is 230 Å². The van der Waals surface area contributed by atoms with Gasteiger partial charge in [-0.15, -0.1) is 45.3 Å². The largest absolute Gasteiger partial charge is 0.140 e. The van der Waals surface area contributed by atoms with Crippen molar-refractivity contribution in [3.8, 4) is 0 Å². The van der Waals surface area contributed by atoms with E-state index in [4.69, 9.17) is 0 Å². The van der Waals surface area contributed by atoms with Gasteiger partial charge >= 0.3 is 0 Å². The molecule has 0 saturated carbocycles. The molecule has 4 aromatic heterocycles. The minimum atomic E-state index is 1.13. The Morgan fingerprint density at radius 2 is 0.457 bits per heavy atom. The molecule has 0 nitrogen and oxygen atoms in total. The van der Waals surface area contributed by atoms with Gasteiger partial charge in [-0.2, -0.15) is 0 Å². The third kappa shape index (κ3) is 5.11. The van der Waals surface area contributed by atoms with Crippen molar-refractivity contribution in [3.05, 3.63) is 117 Å². The van der Waals surface area contributed by atoms with Gasteiger partial charge in [-0.25, -0.2) is 0 Å². The smallest absolute Gasteiger partial charge is 0.0430 e. The van der Waals surface area contributed by atoms with Crippen LogP contribution in [0.4, 0.5) is 0 Å². The Balaban J connectivity index is 1.32. The number of thiophene rings is 4. The summed E-state index contributed by atoms with van der Waals surface area (Å²) in [7, 11) is 0. The van der Waals surface area contributed by atoms with E-state index in [2.05, 4.69) is 170 Å². The highest BCUT2D eigenvalue weighted by molar-refractivity contribution is 7.22. The quantitative estimate of drug-likeness (QED) is 0.0845. The average Bonchev–Trinajstić information content (AvgIpc) is 4.23. The van der Waals surface area contributed by atoms with Crippen LogP contribution in [0.2, 0.25) is 0 Å². The van der Waals surface area contributed by atoms with Crippen LogP contribution >= 0.6 is 45.3 Å². The van der Waals surface area contributed by atoms with Crippen molar-refractivity contribution in [2.75, 3.05) is 0 Å². The molecule has 0 bridgehead atoms. The molecule has 0 amide bonds. The zero-order valence-electron chi connectivity index (χ0n) is 40.4. The van der Waals surface area contributed by atoms with E-state index in [9.17, 15) is 0 Å². The summed E-state index contributed by atoms with van der Waals surface area (Å²) in [6.45, 7) is 9.40. The molecule has 0 aliphatic heterocycles. The van der Waals surface area contributed by atoms with Gasteiger partial charge in [0.2, 0.25) is 0 Å². The normalized spacial score (nSPS) is 13.3. The number of hydrogen-bond acceptors (Lipinski definition) is 4. The molecule has 70 heavy (non-hydrogen) atoms. The molecule has 0 radical (unpaired) electrons. The van der Waals surface area contributed by atoms with Gasteiger partial charge in [-0.05, 0) is 140 Å². The van der Waals surface area contributed by atoms with Crippen LogP contribution in [0.1, 0.15) is 98.6 Å². The van der Waals surface area contributed by atoms with Crippen molar-refractivity contribution in [1.82, 2.24) is 0 Å². The number of hydrogen-bond donors (Lipinski definition) is 0. The van der Waals surface area contributed by atoms with Crippen LogP contribution in [0.15, 0.2) is 97.1 Å². The van der Waals surface area contributed by atoms with Crippen molar-refractivity contribution in [1.29, 1.82) is 0 Å². The highest BCUT2D eigenvalue weighted by atomic mass is 32.1. The van der Waals surface area contributed by atoms with Crippen molar-refractivity contribution in [2.45, 2.75) is 105 Å². The zero-order valence-corrected chi connectivity index (χ0v) is 43.6. The Bertz CT molecular complexity index is 4210. The Morgan fingerprint density at radius 1 is 0.243 bits per heavy atom. The maximum atomic E-state index is 2.68. The fourth-order valence-electron chi connectivity index (χ4n) is 14.0. The first kappa shape index (κ1) is 41.0. The van der Waals surface area contributed by atoms with Crippen LogP contribution in [0.5, 0.6) is 0 Å². The number of rotatable bonds is 12. The van der Waals surface area contributed by atoms with Crippen molar-refractivity contribution in [2.24, 2.45) is 0 Å². The van der Waals surface area contributed by atoms with E-state index in [0.717, 1.165) is 25.7 Å². The lowest BCUT2D eigenvalue weighted by atomic mass is 9.76. The Morgan fingerprint density at radius 3 is 0.686 bits per heavy atom. The second-order valence-electron chi connectivity index (χ2n) is 20.9. The molecule has 340 valence electrons. The molecule has 4 heterocycles. The van der Waals surface area contributed by atoms with E-state index in [1.54, 1.807) is 0 Å². The fraction of sp³-hybridized carbons (Fsp3) is 0.242. The molecule has 12 aromatic carbocycles. The van der Waals surface area contributed by atoms with Gasteiger partial charge in [-0.3, -0.25) is 0 Å². The molecule has 0 spiro atoms. The lowest BCUT2D eigenvalue weighted by Crippen LogP contribution is -1.97. The first-order chi connectivity index (χ1) is 34.6. The lowest BCUT2D eigenvalue weighted by Gasteiger charge is -2.26. The predicted octanol–water partition coefficient (Wildman–Crippen LogP) is 22.4. The molecule has 16 aromatic rings. The van der Waals surface area contributed by atoms with Crippen LogP contribution in [0.25, 0.3) is 159 Å². The standard InChI is InChI=1S/C66H52S4/c1-5-9-17-33-29-45-53-57-49-37(21-13-25-41(49)63(45)67-33)38-22-14-26-42-50(38)58(57)55(47-31-35(19-11-7-3)69-65(42)47)62-56-48-32-36(20-12-8-4)70-66(48)44-28-16-24-40-39-23-15-27-43-51(39)59(60(56)52(40)44)54(61(53)62)46-30-34(18-10-6-2)68-64(43)46/h13-16,21-32H,5-12,17-20H2,1-4H3. The van der Waals surface area contributed by atoms with E-state index >= 15 is 0 Å². The van der Waals surface area contributed by atoms with E-state index in [1.807, 2.05) is 0 Å². The number of benzene rings is 12.